The van der Waals surface area contributed by atoms with Gasteiger partial charge >= 0.3 is 0 Å². The van der Waals surface area contributed by atoms with E-state index in [0.29, 0.717) is 11.5 Å². The standard InChI is InChI=1S/C23H43NO2/c1-5-24(6-2)17-14-21-18-25-23(26-21)15-12-20(13-16-23)22(3,4)19-10-8-7-9-11-19/h19-21H,5-18H2,1-4H3. The SMILES string of the molecule is CCN(CC)CCC1COC2(CCC(C(C)(C)C3CCCCC3)CC2)O1. The minimum Gasteiger partial charge on any atom is -0.347 e. The third-order valence-electron chi connectivity index (χ3n) is 8.03. The Hall–Kier alpha value is -0.120. The molecule has 1 unspecified atom stereocenters. The summed E-state index contributed by atoms with van der Waals surface area (Å²) in [6.45, 7) is 13.8. The third kappa shape index (κ3) is 4.64. The fourth-order valence-corrected chi connectivity index (χ4v) is 5.87. The monoisotopic (exact) mass is 365 g/mol. The first-order valence-electron chi connectivity index (χ1n) is 11.5. The van der Waals surface area contributed by atoms with E-state index in [4.69, 9.17) is 9.47 Å². The minimum atomic E-state index is -0.243. The number of nitrogens with zero attached hydrogens (tertiary/aromatic N) is 1. The van der Waals surface area contributed by atoms with Crippen LogP contribution in [0.4, 0.5) is 0 Å². The van der Waals surface area contributed by atoms with Crippen molar-refractivity contribution < 1.29 is 9.47 Å². The third-order valence-corrected chi connectivity index (χ3v) is 8.03. The maximum absolute atomic E-state index is 6.49. The second-order valence-corrected chi connectivity index (χ2v) is 9.71. The van der Waals surface area contributed by atoms with Crippen LogP contribution < -0.4 is 0 Å². The van der Waals surface area contributed by atoms with Crippen LogP contribution in [0.3, 0.4) is 0 Å². The van der Waals surface area contributed by atoms with Gasteiger partial charge in [0.25, 0.3) is 0 Å². The fraction of sp³-hybridized carbons (Fsp3) is 1.00. The van der Waals surface area contributed by atoms with Gasteiger partial charge in [0, 0.05) is 19.4 Å². The molecule has 1 heterocycles. The molecule has 0 N–H and O–H groups in total. The van der Waals surface area contributed by atoms with Gasteiger partial charge in [-0.25, -0.2) is 0 Å². The van der Waals surface area contributed by atoms with Crippen LogP contribution in [0.5, 0.6) is 0 Å². The van der Waals surface area contributed by atoms with Crippen molar-refractivity contribution in [2.24, 2.45) is 17.3 Å². The Bertz CT molecular complexity index is 418. The van der Waals surface area contributed by atoms with E-state index >= 15 is 0 Å². The Labute approximate surface area is 162 Å². The molecule has 0 aromatic heterocycles. The summed E-state index contributed by atoms with van der Waals surface area (Å²) >= 11 is 0. The van der Waals surface area contributed by atoms with Gasteiger partial charge < -0.3 is 14.4 Å². The molecule has 1 spiro atoms. The molecule has 0 aromatic carbocycles. The zero-order valence-electron chi connectivity index (χ0n) is 17.9. The molecule has 2 aliphatic carbocycles. The van der Waals surface area contributed by atoms with Crippen molar-refractivity contribution in [2.45, 2.75) is 104 Å². The van der Waals surface area contributed by atoms with Gasteiger partial charge in [0.1, 0.15) is 0 Å². The summed E-state index contributed by atoms with van der Waals surface area (Å²) in [6.07, 6.45) is 13.5. The Kier molecular flexibility index (Phi) is 7.07. The van der Waals surface area contributed by atoms with Gasteiger partial charge in [0.15, 0.2) is 5.79 Å². The Balaban J connectivity index is 1.47. The second-order valence-electron chi connectivity index (χ2n) is 9.71. The normalized spacial score (nSPS) is 34.0. The number of ether oxygens (including phenoxy) is 2. The molecular formula is C23H43NO2. The van der Waals surface area contributed by atoms with Crippen molar-refractivity contribution in [2.75, 3.05) is 26.2 Å². The first-order valence-corrected chi connectivity index (χ1v) is 11.5. The van der Waals surface area contributed by atoms with Crippen LogP contribution in [0.2, 0.25) is 0 Å². The van der Waals surface area contributed by atoms with Crippen LogP contribution in [0, 0.1) is 17.3 Å². The zero-order chi connectivity index (χ0) is 18.6. The molecule has 3 aliphatic rings. The van der Waals surface area contributed by atoms with Crippen molar-refractivity contribution in [3.8, 4) is 0 Å². The van der Waals surface area contributed by atoms with Gasteiger partial charge in [-0.05, 0) is 62.4 Å². The Morgan fingerprint density at radius 3 is 2.15 bits per heavy atom. The molecule has 1 saturated heterocycles. The summed E-state index contributed by atoms with van der Waals surface area (Å²) in [7, 11) is 0. The number of hydrogen-bond acceptors (Lipinski definition) is 3. The van der Waals surface area contributed by atoms with Crippen molar-refractivity contribution in [1.82, 2.24) is 4.90 Å². The molecule has 3 heteroatoms. The van der Waals surface area contributed by atoms with Crippen molar-refractivity contribution in [3.05, 3.63) is 0 Å². The van der Waals surface area contributed by atoms with Crippen LogP contribution in [0.1, 0.15) is 91.9 Å². The molecule has 0 bridgehead atoms. The van der Waals surface area contributed by atoms with Gasteiger partial charge in [-0.2, -0.15) is 0 Å². The van der Waals surface area contributed by atoms with Crippen molar-refractivity contribution >= 4 is 0 Å². The van der Waals surface area contributed by atoms with E-state index in [2.05, 4.69) is 32.6 Å². The molecule has 3 rings (SSSR count). The highest BCUT2D eigenvalue weighted by molar-refractivity contribution is 4.93. The molecule has 1 aliphatic heterocycles. The van der Waals surface area contributed by atoms with E-state index in [0.717, 1.165) is 57.3 Å². The summed E-state index contributed by atoms with van der Waals surface area (Å²) in [6, 6.07) is 0. The molecule has 0 radical (unpaired) electrons. The highest BCUT2D eigenvalue weighted by Gasteiger charge is 2.48. The average Bonchev–Trinajstić information content (AvgIpc) is 3.06. The number of hydrogen-bond donors (Lipinski definition) is 0. The first kappa shape index (κ1) is 20.6. The van der Waals surface area contributed by atoms with Crippen LogP contribution in [0.25, 0.3) is 0 Å². The summed E-state index contributed by atoms with van der Waals surface area (Å²) in [5, 5.41) is 0. The van der Waals surface area contributed by atoms with Crippen LogP contribution in [-0.4, -0.2) is 43.0 Å². The lowest BCUT2D eigenvalue weighted by atomic mass is 9.60. The molecule has 26 heavy (non-hydrogen) atoms. The van der Waals surface area contributed by atoms with Crippen LogP contribution in [-0.2, 0) is 9.47 Å². The maximum atomic E-state index is 6.49. The molecular weight excluding hydrogens is 322 g/mol. The highest BCUT2D eigenvalue weighted by atomic mass is 16.7. The summed E-state index contributed by atoms with van der Waals surface area (Å²) < 4.78 is 12.7. The Morgan fingerprint density at radius 1 is 0.923 bits per heavy atom. The lowest BCUT2D eigenvalue weighted by molar-refractivity contribution is -0.199. The first-order chi connectivity index (χ1) is 12.5. The van der Waals surface area contributed by atoms with E-state index in [9.17, 15) is 0 Å². The van der Waals surface area contributed by atoms with Crippen molar-refractivity contribution in [1.29, 1.82) is 0 Å². The molecule has 2 saturated carbocycles. The molecule has 152 valence electrons. The summed E-state index contributed by atoms with van der Waals surface area (Å²) in [4.78, 5) is 2.48. The Morgan fingerprint density at radius 2 is 1.54 bits per heavy atom. The van der Waals surface area contributed by atoms with E-state index < -0.39 is 0 Å². The summed E-state index contributed by atoms with van der Waals surface area (Å²) in [5.41, 5.74) is 0.489. The lowest BCUT2D eigenvalue weighted by Crippen LogP contribution is -2.42. The predicted molar refractivity (Wildman–Crippen MR) is 108 cm³/mol. The van der Waals surface area contributed by atoms with E-state index in [1.807, 2.05) is 0 Å². The molecule has 1 atom stereocenters. The largest absolute Gasteiger partial charge is 0.347 e. The molecule has 0 aromatic rings. The smallest absolute Gasteiger partial charge is 0.168 e. The van der Waals surface area contributed by atoms with Gasteiger partial charge in [-0.15, -0.1) is 0 Å². The molecule has 0 amide bonds. The quantitative estimate of drug-likeness (QED) is 0.584. The van der Waals surface area contributed by atoms with Crippen LogP contribution >= 0.6 is 0 Å². The second kappa shape index (κ2) is 8.92. The molecule has 3 nitrogen and oxygen atoms in total. The van der Waals surface area contributed by atoms with E-state index in [1.54, 1.807) is 0 Å². The summed E-state index contributed by atoms with van der Waals surface area (Å²) in [5.74, 6) is 1.54. The van der Waals surface area contributed by atoms with Crippen molar-refractivity contribution in [3.63, 3.8) is 0 Å². The average molecular weight is 366 g/mol. The lowest BCUT2D eigenvalue weighted by Gasteiger charge is -2.47. The maximum Gasteiger partial charge on any atom is 0.168 e. The van der Waals surface area contributed by atoms with E-state index in [1.165, 1.54) is 44.9 Å². The highest BCUT2D eigenvalue weighted by Crippen LogP contribution is 2.51. The van der Waals surface area contributed by atoms with E-state index in [-0.39, 0.29) is 5.79 Å². The predicted octanol–water partition coefficient (Wildman–Crippen LogP) is 5.63. The zero-order valence-corrected chi connectivity index (χ0v) is 17.9. The fourth-order valence-electron chi connectivity index (χ4n) is 5.87. The minimum absolute atomic E-state index is 0.243. The number of rotatable bonds is 7. The molecule has 3 fully saturated rings. The van der Waals surface area contributed by atoms with Crippen LogP contribution in [0.15, 0.2) is 0 Å². The van der Waals surface area contributed by atoms with Gasteiger partial charge in [0.05, 0.1) is 12.7 Å². The van der Waals surface area contributed by atoms with Gasteiger partial charge in [-0.3, -0.25) is 0 Å². The topological polar surface area (TPSA) is 21.7 Å². The van der Waals surface area contributed by atoms with Gasteiger partial charge in [0.2, 0.25) is 0 Å². The van der Waals surface area contributed by atoms with Gasteiger partial charge in [-0.1, -0.05) is 47.0 Å².